The van der Waals surface area contributed by atoms with Gasteiger partial charge in [-0.05, 0) is 50.7 Å². The molecule has 0 radical (unpaired) electrons. The monoisotopic (exact) mass is 454 g/mol. The van der Waals surface area contributed by atoms with Crippen molar-refractivity contribution in [1.82, 2.24) is 4.90 Å². The van der Waals surface area contributed by atoms with Gasteiger partial charge < -0.3 is 10.4 Å². The van der Waals surface area contributed by atoms with Gasteiger partial charge in [0.25, 0.3) is 11.8 Å². The number of benzene rings is 1. The molecule has 0 fully saturated rings. The van der Waals surface area contributed by atoms with Gasteiger partial charge in [0.2, 0.25) is 0 Å². The lowest BCUT2D eigenvalue weighted by Crippen LogP contribution is -2.34. The summed E-state index contributed by atoms with van der Waals surface area (Å²) < 4.78 is 14.5. The molecule has 106 valence electrons. The highest BCUT2D eigenvalue weighted by Gasteiger charge is 2.30. The summed E-state index contributed by atoms with van der Waals surface area (Å²) in [5.74, 6) is -1.48. The van der Waals surface area contributed by atoms with Crippen molar-refractivity contribution in [3.05, 3.63) is 37.8 Å². The van der Waals surface area contributed by atoms with Crippen LogP contribution in [0.1, 0.15) is 0 Å². The van der Waals surface area contributed by atoms with Crippen LogP contribution >= 0.6 is 38.5 Å². The first-order chi connectivity index (χ1) is 9.43. The number of nitrogens with zero attached hydrogens (tertiary/aromatic N) is 1. The Kier molecular flexibility index (Phi) is 4.76. The number of anilines is 1. The summed E-state index contributed by atoms with van der Waals surface area (Å²) in [5.41, 5.74) is 0.394. The fourth-order valence-corrected chi connectivity index (χ4v) is 3.01. The number of β-amino-alcohol motifs (C(OH)–C–C–N with tert-alkyl or cyclic N) is 1. The number of nitrogens with one attached hydrogen (secondary N) is 1. The number of aliphatic hydroxyl groups excluding tert-OH is 1. The minimum atomic E-state index is -0.546. The Bertz CT molecular complexity index is 621. The molecule has 8 heteroatoms. The van der Waals surface area contributed by atoms with Crippen LogP contribution in [0.25, 0.3) is 0 Å². The molecule has 1 heterocycles. The predicted molar refractivity (Wildman–Crippen MR) is 82.3 cm³/mol. The maximum absolute atomic E-state index is 13.5. The number of amides is 2. The second-order valence-electron chi connectivity index (χ2n) is 3.95. The highest BCUT2D eigenvalue weighted by Crippen LogP contribution is 2.29. The van der Waals surface area contributed by atoms with Gasteiger partial charge in [0, 0.05) is 10.5 Å². The normalized spacial score (nSPS) is 14.8. The Labute approximate surface area is 136 Å². The molecule has 0 atom stereocenters. The summed E-state index contributed by atoms with van der Waals surface area (Å²) >= 11 is 5.11. The number of hydrogen-bond donors (Lipinski definition) is 2. The van der Waals surface area contributed by atoms with Gasteiger partial charge in [-0.15, -0.1) is 0 Å². The molecule has 0 aromatic heterocycles. The Morgan fingerprint density at radius 3 is 2.75 bits per heavy atom. The van der Waals surface area contributed by atoms with E-state index >= 15 is 0 Å². The first-order valence-corrected chi connectivity index (χ1v) is 7.41. The van der Waals surface area contributed by atoms with E-state index in [-0.39, 0.29) is 18.8 Å². The second-order valence-corrected chi connectivity index (χ2v) is 5.96. The molecular weight excluding hydrogens is 446 g/mol. The fourth-order valence-electron chi connectivity index (χ4n) is 1.67. The van der Waals surface area contributed by atoms with E-state index in [1.165, 1.54) is 6.07 Å². The number of imide groups is 1. The Hall–Kier alpha value is -1.00. The van der Waals surface area contributed by atoms with Crippen LogP contribution in [0, 0.1) is 9.39 Å². The van der Waals surface area contributed by atoms with Crippen molar-refractivity contribution in [2.45, 2.75) is 0 Å². The van der Waals surface area contributed by atoms with Crippen LogP contribution in [0.2, 0.25) is 0 Å². The average Bonchev–Trinajstić information content (AvgIpc) is 2.64. The van der Waals surface area contributed by atoms with E-state index < -0.39 is 17.6 Å². The highest BCUT2D eigenvalue weighted by atomic mass is 127. The number of hydrogen-bond acceptors (Lipinski definition) is 4. The molecule has 0 saturated heterocycles. The van der Waals surface area contributed by atoms with Crippen molar-refractivity contribution in [3.63, 3.8) is 0 Å². The Morgan fingerprint density at radius 2 is 2.10 bits per heavy atom. The molecular formula is C12H9BrFIN2O3. The maximum Gasteiger partial charge on any atom is 0.277 e. The fraction of sp³-hybridized carbons (Fsp3) is 0.167. The van der Waals surface area contributed by atoms with Crippen LogP contribution < -0.4 is 5.32 Å². The molecule has 0 bridgehead atoms. The summed E-state index contributed by atoms with van der Waals surface area (Å²) in [6.07, 6.45) is 1.13. The SMILES string of the molecule is O=C1C=C(Nc2cc(F)c(I)cc2Br)C(=O)N1CCO. The van der Waals surface area contributed by atoms with Gasteiger partial charge in [0.1, 0.15) is 11.5 Å². The quantitative estimate of drug-likeness (QED) is 0.414. The average molecular weight is 455 g/mol. The molecule has 1 aliphatic rings. The van der Waals surface area contributed by atoms with E-state index in [1.54, 1.807) is 6.07 Å². The highest BCUT2D eigenvalue weighted by molar-refractivity contribution is 14.1. The summed E-state index contributed by atoms with van der Waals surface area (Å²) in [7, 11) is 0. The molecule has 0 spiro atoms. The number of aliphatic hydroxyl groups is 1. The van der Waals surface area contributed by atoms with Crippen LogP contribution in [0.4, 0.5) is 10.1 Å². The van der Waals surface area contributed by atoms with E-state index in [9.17, 15) is 14.0 Å². The number of halogens is 3. The lowest BCUT2D eigenvalue weighted by molar-refractivity contribution is -0.137. The second kappa shape index (κ2) is 6.19. The molecule has 2 N–H and O–H groups in total. The van der Waals surface area contributed by atoms with Gasteiger partial charge in [0.05, 0.1) is 22.4 Å². The van der Waals surface area contributed by atoms with Crippen molar-refractivity contribution in [3.8, 4) is 0 Å². The van der Waals surface area contributed by atoms with E-state index in [1.807, 2.05) is 22.6 Å². The molecule has 2 rings (SSSR count). The summed E-state index contributed by atoms with van der Waals surface area (Å²) in [6.45, 7) is -0.373. The topological polar surface area (TPSA) is 69.6 Å². The zero-order valence-electron chi connectivity index (χ0n) is 9.99. The molecule has 1 aromatic rings. The van der Waals surface area contributed by atoms with E-state index in [0.29, 0.717) is 13.7 Å². The van der Waals surface area contributed by atoms with Crippen LogP contribution in [-0.2, 0) is 9.59 Å². The number of carbonyl (C=O) groups is 2. The van der Waals surface area contributed by atoms with Crippen LogP contribution in [0.15, 0.2) is 28.4 Å². The smallest absolute Gasteiger partial charge is 0.277 e. The molecule has 1 aromatic carbocycles. The lowest BCUT2D eigenvalue weighted by Gasteiger charge is -2.14. The molecule has 20 heavy (non-hydrogen) atoms. The zero-order valence-corrected chi connectivity index (χ0v) is 13.7. The predicted octanol–water partition coefficient (Wildman–Crippen LogP) is 1.85. The van der Waals surface area contributed by atoms with Crippen molar-refractivity contribution in [1.29, 1.82) is 0 Å². The number of carbonyl (C=O) groups excluding carboxylic acids is 2. The van der Waals surface area contributed by atoms with E-state index in [0.717, 1.165) is 11.0 Å². The van der Waals surface area contributed by atoms with Crippen molar-refractivity contribution < 1.29 is 19.1 Å². The van der Waals surface area contributed by atoms with Gasteiger partial charge in [0.15, 0.2) is 0 Å². The summed E-state index contributed by atoms with van der Waals surface area (Å²) in [5, 5.41) is 11.5. The van der Waals surface area contributed by atoms with Gasteiger partial charge in [-0.2, -0.15) is 0 Å². The Balaban J connectivity index is 2.23. The van der Waals surface area contributed by atoms with Crippen molar-refractivity contribution in [2.75, 3.05) is 18.5 Å². The van der Waals surface area contributed by atoms with Crippen molar-refractivity contribution >= 4 is 56.0 Å². The molecule has 0 unspecified atom stereocenters. The maximum atomic E-state index is 13.5. The molecule has 0 saturated carbocycles. The van der Waals surface area contributed by atoms with Crippen LogP contribution in [0.3, 0.4) is 0 Å². The molecule has 0 aliphatic carbocycles. The molecule has 1 aliphatic heterocycles. The molecule has 5 nitrogen and oxygen atoms in total. The standard InChI is InChI=1S/C12H9BrFIN2O3/c13-6-3-8(15)7(14)4-9(6)16-10-5-11(19)17(1-2-18)12(10)20/h3-5,16,18H,1-2H2. The van der Waals surface area contributed by atoms with Crippen LogP contribution in [0.5, 0.6) is 0 Å². The van der Waals surface area contributed by atoms with Gasteiger partial charge in [-0.3, -0.25) is 14.5 Å². The van der Waals surface area contributed by atoms with Crippen LogP contribution in [-0.4, -0.2) is 35.0 Å². The third-order valence-electron chi connectivity index (χ3n) is 2.61. The Morgan fingerprint density at radius 1 is 1.40 bits per heavy atom. The third-order valence-corrected chi connectivity index (χ3v) is 4.10. The lowest BCUT2D eigenvalue weighted by atomic mass is 10.3. The van der Waals surface area contributed by atoms with E-state index in [2.05, 4.69) is 21.2 Å². The summed E-state index contributed by atoms with van der Waals surface area (Å²) in [4.78, 5) is 24.4. The van der Waals surface area contributed by atoms with E-state index in [4.69, 9.17) is 5.11 Å². The third kappa shape index (κ3) is 3.01. The first-order valence-electron chi connectivity index (χ1n) is 5.54. The first kappa shape index (κ1) is 15.4. The van der Waals surface area contributed by atoms with Gasteiger partial charge in [-0.1, -0.05) is 0 Å². The minimum absolute atomic E-state index is 0.0461. The summed E-state index contributed by atoms with van der Waals surface area (Å²) in [6, 6.07) is 2.80. The zero-order chi connectivity index (χ0) is 14.9. The van der Waals surface area contributed by atoms with Crippen molar-refractivity contribution in [2.24, 2.45) is 0 Å². The minimum Gasteiger partial charge on any atom is -0.395 e. The largest absolute Gasteiger partial charge is 0.395 e. The van der Waals surface area contributed by atoms with Gasteiger partial charge in [-0.25, -0.2) is 4.39 Å². The van der Waals surface area contributed by atoms with Gasteiger partial charge >= 0.3 is 0 Å². The molecule has 2 amide bonds. The number of rotatable bonds is 4.